The Kier molecular flexibility index (Phi) is 6.43. The SMILES string of the molecule is CCOC(=O)c1ccc(N2C(=O)C=C(N3CCN(c4ccc(S(C)(=O)=O)cc4)CC3)C2=O)cc1. The van der Waals surface area contributed by atoms with Crippen molar-refractivity contribution in [2.45, 2.75) is 11.8 Å². The van der Waals surface area contributed by atoms with Crippen LogP contribution in [-0.4, -0.2) is 70.1 Å². The van der Waals surface area contributed by atoms with Crippen LogP contribution in [0.3, 0.4) is 0 Å². The van der Waals surface area contributed by atoms with Crippen LogP contribution in [0.5, 0.6) is 0 Å². The van der Waals surface area contributed by atoms with Gasteiger partial charge in [-0.25, -0.2) is 18.1 Å². The molecule has 9 nitrogen and oxygen atoms in total. The van der Waals surface area contributed by atoms with Gasteiger partial charge in [-0.15, -0.1) is 0 Å². The number of imide groups is 1. The Hall–Kier alpha value is -3.66. The number of rotatable bonds is 6. The fourth-order valence-corrected chi connectivity index (χ4v) is 4.63. The maximum Gasteiger partial charge on any atom is 0.338 e. The molecule has 0 radical (unpaired) electrons. The number of nitrogens with zero attached hydrogens (tertiary/aromatic N) is 3. The first-order chi connectivity index (χ1) is 16.2. The van der Waals surface area contributed by atoms with Crippen LogP contribution in [0, 0.1) is 0 Å². The maximum atomic E-state index is 13.1. The predicted molar refractivity (Wildman–Crippen MR) is 126 cm³/mol. The van der Waals surface area contributed by atoms with E-state index in [0.717, 1.165) is 10.6 Å². The van der Waals surface area contributed by atoms with E-state index in [-0.39, 0.29) is 11.5 Å². The van der Waals surface area contributed by atoms with Gasteiger partial charge >= 0.3 is 5.97 Å². The topological polar surface area (TPSA) is 104 Å². The molecule has 2 aliphatic heterocycles. The summed E-state index contributed by atoms with van der Waals surface area (Å²) in [7, 11) is -3.25. The van der Waals surface area contributed by atoms with Crippen molar-refractivity contribution in [1.29, 1.82) is 0 Å². The molecule has 0 spiro atoms. The molecule has 10 heteroatoms. The highest BCUT2D eigenvalue weighted by molar-refractivity contribution is 7.90. The minimum Gasteiger partial charge on any atom is -0.462 e. The third-order valence-electron chi connectivity index (χ3n) is 5.79. The number of hydrogen-bond acceptors (Lipinski definition) is 8. The van der Waals surface area contributed by atoms with Crippen LogP contribution >= 0.6 is 0 Å². The summed E-state index contributed by atoms with van der Waals surface area (Å²) in [6.45, 7) is 4.28. The second-order valence-electron chi connectivity index (χ2n) is 8.02. The summed E-state index contributed by atoms with van der Waals surface area (Å²) in [5.41, 5.74) is 1.97. The fraction of sp³-hybridized carbons (Fsp3) is 0.292. The van der Waals surface area contributed by atoms with Gasteiger partial charge in [-0.2, -0.15) is 0 Å². The van der Waals surface area contributed by atoms with Gasteiger partial charge in [-0.1, -0.05) is 0 Å². The molecule has 4 rings (SSSR count). The monoisotopic (exact) mass is 483 g/mol. The number of hydrogen-bond donors (Lipinski definition) is 0. The third kappa shape index (κ3) is 4.67. The molecule has 2 aromatic carbocycles. The Morgan fingerprint density at radius 1 is 0.882 bits per heavy atom. The van der Waals surface area contributed by atoms with Crippen molar-refractivity contribution in [3.8, 4) is 0 Å². The predicted octanol–water partition coefficient (Wildman–Crippen LogP) is 1.85. The lowest BCUT2D eigenvalue weighted by Gasteiger charge is -2.37. The first kappa shape index (κ1) is 23.5. The number of esters is 1. The van der Waals surface area contributed by atoms with Gasteiger partial charge in [0, 0.05) is 44.2 Å². The number of carbonyl (C=O) groups is 3. The first-order valence-electron chi connectivity index (χ1n) is 10.9. The van der Waals surface area contributed by atoms with Crippen molar-refractivity contribution >= 4 is 39.0 Å². The standard InChI is InChI=1S/C24H25N3O6S/c1-3-33-24(30)17-4-6-19(7-5-17)27-22(28)16-21(23(27)29)26-14-12-25(13-15-26)18-8-10-20(11-9-18)34(2,31)32/h4-11,16H,3,12-15H2,1-2H3. The number of sulfone groups is 1. The minimum absolute atomic E-state index is 0.260. The maximum absolute atomic E-state index is 13.1. The molecular formula is C24H25N3O6S. The molecule has 0 unspecified atom stereocenters. The molecule has 1 fully saturated rings. The van der Waals surface area contributed by atoms with Crippen LogP contribution in [0.15, 0.2) is 65.2 Å². The molecule has 0 N–H and O–H groups in total. The van der Waals surface area contributed by atoms with E-state index in [1.54, 1.807) is 43.3 Å². The molecule has 0 aromatic heterocycles. The van der Waals surface area contributed by atoms with E-state index in [4.69, 9.17) is 4.74 Å². The van der Waals surface area contributed by atoms with E-state index in [1.165, 1.54) is 24.5 Å². The van der Waals surface area contributed by atoms with Crippen molar-refractivity contribution in [2.24, 2.45) is 0 Å². The first-order valence-corrected chi connectivity index (χ1v) is 12.8. The molecule has 2 heterocycles. The van der Waals surface area contributed by atoms with E-state index in [2.05, 4.69) is 4.90 Å². The lowest BCUT2D eigenvalue weighted by atomic mass is 10.2. The average molecular weight is 484 g/mol. The highest BCUT2D eigenvalue weighted by Crippen LogP contribution is 2.27. The van der Waals surface area contributed by atoms with Crippen LogP contribution in [0.25, 0.3) is 0 Å². The van der Waals surface area contributed by atoms with Gasteiger partial charge in [0.05, 0.1) is 22.8 Å². The van der Waals surface area contributed by atoms with Crippen LogP contribution in [0.1, 0.15) is 17.3 Å². The zero-order valence-corrected chi connectivity index (χ0v) is 19.7. The molecule has 0 atom stereocenters. The summed E-state index contributed by atoms with van der Waals surface area (Å²) < 4.78 is 28.3. The Morgan fingerprint density at radius 3 is 2.00 bits per heavy atom. The molecule has 1 saturated heterocycles. The highest BCUT2D eigenvalue weighted by Gasteiger charge is 2.36. The van der Waals surface area contributed by atoms with E-state index in [1.807, 2.05) is 4.90 Å². The lowest BCUT2D eigenvalue weighted by Crippen LogP contribution is -2.47. The fourth-order valence-electron chi connectivity index (χ4n) is 4.00. The van der Waals surface area contributed by atoms with Crippen LogP contribution in [0.2, 0.25) is 0 Å². The second-order valence-corrected chi connectivity index (χ2v) is 10.0. The Labute approximate surface area is 198 Å². The second kappa shape index (κ2) is 9.30. The number of amides is 2. The molecule has 2 amide bonds. The van der Waals surface area contributed by atoms with Crippen molar-refractivity contribution in [1.82, 2.24) is 4.90 Å². The van der Waals surface area contributed by atoms with Gasteiger partial charge in [0.25, 0.3) is 11.8 Å². The number of benzene rings is 2. The zero-order chi connectivity index (χ0) is 24.5. The molecular weight excluding hydrogens is 458 g/mol. The normalized spacial score (nSPS) is 16.6. The van der Waals surface area contributed by atoms with Gasteiger partial charge in [0.2, 0.25) is 0 Å². The van der Waals surface area contributed by atoms with Gasteiger partial charge < -0.3 is 14.5 Å². The van der Waals surface area contributed by atoms with Crippen LogP contribution < -0.4 is 9.80 Å². The van der Waals surface area contributed by atoms with Crippen molar-refractivity contribution in [3.05, 3.63) is 65.9 Å². The summed E-state index contributed by atoms with van der Waals surface area (Å²) in [6.07, 6.45) is 2.52. The molecule has 0 bridgehead atoms. The van der Waals surface area contributed by atoms with E-state index in [0.29, 0.717) is 43.1 Å². The Morgan fingerprint density at radius 2 is 1.44 bits per heavy atom. The number of carbonyl (C=O) groups excluding carboxylic acids is 3. The number of piperazine rings is 1. The van der Waals surface area contributed by atoms with Crippen molar-refractivity contribution < 1.29 is 27.5 Å². The van der Waals surface area contributed by atoms with Crippen LogP contribution in [-0.2, 0) is 24.2 Å². The van der Waals surface area contributed by atoms with Gasteiger partial charge in [-0.05, 0) is 55.5 Å². The van der Waals surface area contributed by atoms with E-state index in [9.17, 15) is 22.8 Å². The average Bonchev–Trinajstić information content (AvgIpc) is 3.12. The summed E-state index contributed by atoms with van der Waals surface area (Å²) in [5.74, 6) is -1.29. The van der Waals surface area contributed by atoms with Crippen LogP contribution in [0.4, 0.5) is 11.4 Å². The molecule has 2 aromatic rings. The molecule has 178 valence electrons. The smallest absolute Gasteiger partial charge is 0.338 e. The number of ether oxygens (including phenoxy) is 1. The Balaban J connectivity index is 1.40. The highest BCUT2D eigenvalue weighted by atomic mass is 32.2. The summed E-state index contributed by atoms with van der Waals surface area (Å²) in [6, 6.07) is 12.9. The summed E-state index contributed by atoms with van der Waals surface area (Å²) in [4.78, 5) is 42.9. The van der Waals surface area contributed by atoms with Gasteiger partial charge in [0.1, 0.15) is 5.70 Å². The van der Waals surface area contributed by atoms with E-state index < -0.39 is 27.6 Å². The molecule has 34 heavy (non-hydrogen) atoms. The van der Waals surface area contributed by atoms with Gasteiger partial charge in [-0.3, -0.25) is 9.59 Å². The Bertz CT molecular complexity index is 1240. The molecule has 0 saturated carbocycles. The van der Waals surface area contributed by atoms with Gasteiger partial charge in [0.15, 0.2) is 9.84 Å². The largest absolute Gasteiger partial charge is 0.462 e. The minimum atomic E-state index is -3.25. The third-order valence-corrected chi connectivity index (χ3v) is 6.92. The quantitative estimate of drug-likeness (QED) is 0.453. The van der Waals surface area contributed by atoms with Crippen molar-refractivity contribution in [2.75, 3.05) is 48.8 Å². The summed E-state index contributed by atoms with van der Waals surface area (Å²) >= 11 is 0. The van der Waals surface area contributed by atoms with Crippen molar-refractivity contribution in [3.63, 3.8) is 0 Å². The lowest BCUT2D eigenvalue weighted by molar-refractivity contribution is -0.121. The molecule has 2 aliphatic rings. The summed E-state index contributed by atoms with van der Waals surface area (Å²) in [5, 5.41) is 0. The zero-order valence-electron chi connectivity index (χ0n) is 18.9. The van der Waals surface area contributed by atoms with E-state index >= 15 is 0 Å². The molecule has 0 aliphatic carbocycles. The number of anilines is 2.